The molecule has 0 radical (unpaired) electrons. The molecule has 2 rings (SSSR count). The van der Waals surface area contributed by atoms with Crippen molar-refractivity contribution in [1.82, 2.24) is 10.4 Å². The fourth-order valence-corrected chi connectivity index (χ4v) is 2.86. The monoisotopic (exact) mass is 261 g/mol. The van der Waals surface area contributed by atoms with E-state index in [-0.39, 0.29) is 6.04 Å². The minimum atomic E-state index is 0.167. The van der Waals surface area contributed by atoms with Crippen LogP contribution >= 0.6 is 11.3 Å². The average molecular weight is 261 g/mol. The lowest BCUT2D eigenvalue weighted by Crippen LogP contribution is -2.29. The van der Waals surface area contributed by atoms with Crippen molar-refractivity contribution in [1.29, 1.82) is 0 Å². The largest absolute Gasteiger partial charge is 0.271 e. The van der Waals surface area contributed by atoms with Crippen molar-refractivity contribution >= 4 is 11.3 Å². The van der Waals surface area contributed by atoms with Crippen LogP contribution in [0.15, 0.2) is 29.6 Å². The molecule has 0 aromatic carbocycles. The molecule has 0 spiro atoms. The fourth-order valence-electron chi connectivity index (χ4n) is 2.14. The molecule has 2 aromatic rings. The third-order valence-corrected chi connectivity index (χ3v) is 4.04. The van der Waals surface area contributed by atoms with Crippen LogP contribution in [0, 0.1) is 13.8 Å². The zero-order valence-corrected chi connectivity index (χ0v) is 11.6. The minimum absolute atomic E-state index is 0.167. The molecule has 3 nitrogen and oxygen atoms in total. The molecule has 2 heterocycles. The first kappa shape index (κ1) is 13.2. The summed E-state index contributed by atoms with van der Waals surface area (Å²) in [5.74, 6) is 5.68. The van der Waals surface area contributed by atoms with E-state index in [1.807, 2.05) is 19.9 Å². The van der Waals surface area contributed by atoms with Gasteiger partial charge in [-0.1, -0.05) is 12.1 Å². The van der Waals surface area contributed by atoms with Crippen molar-refractivity contribution < 1.29 is 0 Å². The Hall–Kier alpha value is -1.23. The summed E-state index contributed by atoms with van der Waals surface area (Å²) in [4.78, 5) is 5.89. The summed E-state index contributed by atoms with van der Waals surface area (Å²) in [6.45, 7) is 4.05. The fraction of sp³-hybridized carbons (Fsp3) is 0.357. The summed E-state index contributed by atoms with van der Waals surface area (Å²) in [5.41, 5.74) is 6.21. The summed E-state index contributed by atoms with van der Waals surface area (Å²) in [5, 5.41) is 2.11. The highest BCUT2D eigenvalue weighted by atomic mass is 32.1. The number of nitrogens with zero attached hydrogens (tertiary/aromatic N) is 1. The van der Waals surface area contributed by atoms with Gasteiger partial charge < -0.3 is 0 Å². The molecule has 1 atom stereocenters. The van der Waals surface area contributed by atoms with E-state index in [0.29, 0.717) is 0 Å². The number of pyridine rings is 1. The number of hydrogen-bond donors (Lipinski definition) is 2. The topological polar surface area (TPSA) is 50.9 Å². The normalized spacial score (nSPS) is 12.6. The summed E-state index contributed by atoms with van der Waals surface area (Å²) >= 11 is 1.79. The Morgan fingerprint density at radius 2 is 2.17 bits per heavy atom. The van der Waals surface area contributed by atoms with E-state index in [0.717, 1.165) is 24.2 Å². The van der Waals surface area contributed by atoms with E-state index in [1.165, 1.54) is 10.4 Å². The molecule has 0 aliphatic carbocycles. The Morgan fingerprint density at radius 1 is 1.33 bits per heavy atom. The van der Waals surface area contributed by atoms with Crippen LogP contribution in [0.3, 0.4) is 0 Å². The van der Waals surface area contributed by atoms with Crippen LogP contribution in [0.5, 0.6) is 0 Å². The van der Waals surface area contributed by atoms with Crippen molar-refractivity contribution in [3.05, 3.63) is 51.5 Å². The molecule has 2 aromatic heterocycles. The van der Waals surface area contributed by atoms with Gasteiger partial charge in [0.15, 0.2) is 0 Å². The molecule has 1 unspecified atom stereocenters. The van der Waals surface area contributed by atoms with E-state index < -0.39 is 0 Å². The number of hydrazine groups is 1. The summed E-state index contributed by atoms with van der Waals surface area (Å²) < 4.78 is 0. The van der Waals surface area contributed by atoms with Crippen molar-refractivity contribution in [2.24, 2.45) is 5.84 Å². The lowest BCUT2D eigenvalue weighted by molar-refractivity contribution is 0.513. The number of rotatable bonds is 5. The van der Waals surface area contributed by atoms with Gasteiger partial charge in [-0.3, -0.25) is 16.3 Å². The second-order valence-corrected chi connectivity index (χ2v) is 5.50. The van der Waals surface area contributed by atoms with E-state index in [4.69, 9.17) is 5.84 Å². The van der Waals surface area contributed by atoms with Crippen LogP contribution < -0.4 is 11.3 Å². The van der Waals surface area contributed by atoms with E-state index in [1.54, 1.807) is 11.3 Å². The van der Waals surface area contributed by atoms with Gasteiger partial charge in [0.2, 0.25) is 0 Å². The highest BCUT2D eigenvalue weighted by molar-refractivity contribution is 7.09. The summed E-state index contributed by atoms with van der Waals surface area (Å²) in [7, 11) is 0. The number of hydrogen-bond acceptors (Lipinski definition) is 4. The highest BCUT2D eigenvalue weighted by Crippen LogP contribution is 2.22. The Balaban J connectivity index is 2.08. The molecule has 4 heteroatoms. The van der Waals surface area contributed by atoms with Crippen LogP contribution in [0.1, 0.15) is 34.3 Å². The number of aryl methyl sites for hydroxylation is 3. The van der Waals surface area contributed by atoms with Gasteiger partial charge in [-0.2, -0.15) is 0 Å². The highest BCUT2D eigenvalue weighted by Gasteiger charge is 2.13. The van der Waals surface area contributed by atoms with Gasteiger partial charge in [-0.05, 0) is 49.8 Å². The second-order valence-electron chi connectivity index (χ2n) is 4.46. The molecule has 0 aliphatic rings. The zero-order chi connectivity index (χ0) is 13.0. The Morgan fingerprint density at radius 3 is 2.78 bits per heavy atom. The maximum Gasteiger partial charge on any atom is 0.0481 e. The van der Waals surface area contributed by atoms with E-state index in [9.17, 15) is 0 Å². The zero-order valence-electron chi connectivity index (χ0n) is 10.8. The molecule has 0 bridgehead atoms. The molecular weight excluding hydrogens is 242 g/mol. The molecule has 0 saturated carbocycles. The first-order chi connectivity index (χ1) is 8.70. The van der Waals surface area contributed by atoms with Gasteiger partial charge in [0.1, 0.15) is 0 Å². The molecule has 0 saturated heterocycles. The van der Waals surface area contributed by atoms with Crippen molar-refractivity contribution in [2.45, 2.75) is 32.7 Å². The van der Waals surface area contributed by atoms with Crippen molar-refractivity contribution in [3.8, 4) is 0 Å². The van der Waals surface area contributed by atoms with Crippen LogP contribution in [0.2, 0.25) is 0 Å². The number of nitrogens with one attached hydrogen (secondary N) is 1. The van der Waals surface area contributed by atoms with E-state index in [2.05, 4.69) is 34.0 Å². The van der Waals surface area contributed by atoms with Crippen molar-refractivity contribution in [3.63, 3.8) is 0 Å². The van der Waals surface area contributed by atoms with Gasteiger partial charge in [0.05, 0.1) is 0 Å². The molecule has 0 aliphatic heterocycles. The minimum Gasteiger partial charge on any atom is -0.271 e. The summed E-state index contributed by atoms with van der Waals surface area (Å²) in [6, 6.07) is 8.58. The Kier molecular flexibility index (Phi) is 4.47. The molecule has 96 valence electrons. The van der Waals surface area contributed by atoms with Crippen LogP contribution in [-0.2, 0) is 6.42 Å². The summed E-state index contributed by atoms with van der Waals surface area (Å²) in [6.07, 6.45) is 2.03. The van der Waals surface area contributed by atoms with Crippen LogP contribution in [0.25, 0.3) is 0 Å². The lowest BCUT2D eigenvalue weighted by Gasteiger charge is -2.18. The smallest absolute Gasteiger partial charge is 0.0481 e. The molecule has 18 heavy (non-hydrogen) atoms. The quantitative estimate of drug-likeness (QED) is 0.643. The van der Waals surface area contributed by atoms with Gasteiger partial charge >= 0.3 is 0 Å². The molecule has 0 fully saturated rings. The van der Waals surface area contributed by atoms with Gasteiger partial charge in [-0.25, -0.2) is 0 Å². The maximum atomic E-state index is 5.68. The third kappa shape index (κ3) is 3.16. The van der Waals surface area contributed by atoms with Crippen LogP contribution in [0.4, 0.5) is 0 Å². The van der Waals surface area contributed by atoms with E-state index >= 15 is 0 Å². The number of nitrogens with two attached hydrogens (primary N) is 1. The predicted octanol–water partition coefficient (Wildman–Crippen LogP) is 2.90. The Bertz CT molecular complexity index is 494. The molecule has 0 amide bonds. The standard InChI is InChI=1S/C14H19N3S/c1-10-5-7-13(11(2)16-10)14(17-15)8-6-12-4-3-9-18-12/h3-5,7,9,14,17H,6,8,15H2,1-2H3. The third-order valence-electron chi connectivity index (χ3n) is 3.10. The van der Waals surface area contributed by atoms with Gasteiger partial charge in [0.25, 0.3) is 0 Å². The molecule has 3 N–H and O–H groups in total. The first-order valence-corrected chi connectivity index (χ1v) is 7.01. The lowest BCUT2D eigenvalue weighted by atomic mass is 10.0. The number of thiophene rings is 1. The van der Waals surface area contributed by atoms with Gasteiger partial charge in [-0.15, -0.1) is 11.3 Å². The number of aromatic nitrogens is 1. The maximum absolute atomic E-state index is 5.68. The van der Waals surface area contributed by atoms with Gasteiger partial charge in [0, 0.05) is 22.3 Å². The molecular formula is C14H19N3S. The Labute approximate surface area is 112 Å². The average Bonchev–Trinajstić information content (AvgIpc) is 2.85. The SMILES string of the molecule is Cc1ccc(C(CCc2cccs2)NN)c(C)n1. The first-order valence-electron chi connectivity index (χ1n) is 6.13. The second kappa shape index (κ2) is 6.09. The van der Waals surface area contributed by atoms with Crippen LogP contribution in [-0.4, -0.2) is 4.98 Å². The van der Waals surface area contributed by atoms with Crippen molar-refractivity contribution in [2.75, 3.05) is 0 Å². The predicted molar refractivity (Wildman–Crippen MR) is 76.4 cm³/mol.